The lowest BCUT2D eigenvalue weighted by atomic mass is 10.2. The second-order valence-electron chi connectivity index (χ2n) is 5.81. The number of rotatable bonds is 10. The number of methoxy groups -OCH3 is 1. The molecule has 0 saturated carbocycles. The number of allylic oxidation sites excluding steroid dienone is 1. The van der Waals surface area contributed by atoms with Crippen LogP contribution in [0.5, 0.6) is 17.2 Å². The fourth-order valence-corrected chi connectivity index (χ4v) is 2.34. The fourth-order valence-electron chi connectivity index (χ4n) is 2.34. The normalized spacial score (nSPS) is 10.7. The van der Waals surface area contributed by atoms with Crippen molar-refractivity contribution in [3.8, 4) is 17.2 Å². The molecule has 2 aromatic rings. The molecule has 0 saturated heterocycles. The zero-order valence-corrected chi connectivity index (χ0v) is 16.4. The van der Waals surface area contributed by atoms with Crippen molar-refractivity contribution in [3.05, 3.63) is 54.1 Å². The average molecular weight is 421 g/mol. The van der Waals surface area contributed by atoms with Crippen molar-refractivity contribution in [3.63, 3.8) is 0 Å². The Morgan fingerprint density at radius 2 is 1.80 bits per heavy atom. The average Bonchev–Trinajstić information content (AvgIpc) is 2.72. The molecule has 0 radical (unpaired) electrons. The third kappa shape index (κ3) is 7.42. The zero-order valence-electron chi connectivity index (χ0n) is 16.4. The molecule has 1 amide bonds. The van der Waals surface area contributed by atoms with Crippen molar-refractivity contribution >= 4 is 23.6 Å². The summed E-state index contributed by atoms with van der Waals surface area (Å²) in [5.74, 6) is -0.570. The third-order valence-electron chi connectivity index (χ3n) is 3.62. The molecule has 160 valence electrons. The largest absolute Gasteiger partial charge is 0.493 e. The van der Waals surface area contributed by atoms with Gasteiger partial charge in [0.25, 0.3) is 5.91 Å². The van der Waals surface area contributed by atoms with Crippen LogP contribution in [0.2, 0.25) is 0 Å². The molecule has 1 N–H and O–H groups in total. The molecule has 0 unspecified atom stereocenters. The van der Waals surface area contributed by atoms with Gasteiger partial charge in [0.15, 0.2) is 24.7 Å². The first kappa shape index (κ1) is 22.7. The molecule has 0 aliphatic carbocycles. The summed E-state index contributed by atoms with van der Waals surface area (Å²) in [5.41, 5.74) is 1.25. The van der Waals surface area contributed by atoms with Crippen LogP contribution in [0.3, 0.4) is 0 Å². The van der Waals surface area contributed by atoms with Gasteiger partial charge < -0.3 is 24.3 Å². The second-order valence-corrected chi connectivity index (χ2v) is 5.81. The minimum Gasteiger partial charge on any atom is -0.493 e. The highest BCUT2D eigenvalue weighted by molar-refractivity contribution is 5.92. The Kier molecular flexibility index (Phi) is 8.61. The molecular formula is C21H21F2NO6. The van der Waals surface area contributed by atoms with Crippen LogP contribution >= 0.6 is 0 Å². The molecule has 0 fully saturated rings. The summed E-state index contributed by atoms with van der Waals surface area (Å²) in [4.78, 5) is 23.7. The van der Waals surface area contributed by atoms with Gasteiger partial charge >= 0.3 is 12.6 Å². The first-order valence-corrected chi connectivity index (χ1v) is 8.85. The summed E-state index contributed by atoms with van der Waals surface area (Å²) < 4.78 is 43.9. The zero-order chi connectivity index (χ0) is 21.9. The molecule has 0 aliphatic heterocycles. The van der Waals surface area contributed by atoms with Gasteiger partial charge in [0.1, 0.15) is 5.75 Å². The molecule has 7 nitrogen and oxygen atoms in total. The number of carbonyl (C=O) groups is 2. The fraction of sp³-hybridized carbons (Fsp3) is 0.238. The third-order valence-corrected chi connectivity index (χ3v) is 3.62. The van der Waals surface area contributed by atoms with Crippen molar-refractivity contribution in [2.45, 2.75) is 13.5 Å². The van der Waals surface area contributed by atoms with E-state index in [-0.39, 0.29) is 5.75 Å². The van der Waals surface area contributed by atoms with Crippen LogP contribution < -0.4 is 19.5 Å². The number of carbonyl (C=O) groups excluding carboxylic acids is 2. The SMILES string of the molecule is C/C=C/c1ccc(OCC(=O)OCC(=O)Nc2ccc(OC(F)F)cc2)c(OC)c1. The summed E-state index contributed by atoms with van der Waals surface area (Å²) in [6.07, 6.45) is 3.77. The van der Waals surface area contributed by atoms with Crippen molar-refractivity contribution in [2.24, 2.45) is 0 Å². The van der Waals surface area contributed by atoms with E-state index in [2.05, 4.69) is 10.1 Å². The standard InChI is InChI=1S/C21H21F2NO6/c1-3-4-14-5-10-17(18(11-14)27-2)28-13-20(26)29-12-19(25)24-15-6-8-16(9-7-15)30-21(22)23/h3-11,21H,12-13H2,1-2H3,(H,24,25)/b4-3+. The van der Waals surface area contributed by atoms with Gasteiger partial charge in [-0.25, -0.2) is 4.79 Å². The highest BCUT2D eigenvalue weighted by Crippen LogP contribution is 2.28. The van der Waals surface area contributed by atoms with E-state index in [9.17, 15) is 18.4 Å². The van der Waals surface area contributed by atoms with E-state index >= 15 is 0 Å². The maximum atomic E-state index is 12.1. The lowest BCUT2D eigenvalue weighted by Gasteiger charge is -2.11. The Morgan fingerprint density at radius 1 is 1.07 bits per heavy atom. The molecule has 0 heterocycles. The highest BCUT2D eigenvalue weighted by Gasteiger charge is 2.12. The number of ether oxygens (including phenoxy) is 4. The number of benzene rings is 2. The summed E-state index contributed by atoms with van der Waals surface area (Å²) in [6, 6.07) is 10.5. The number of esters is 1. The molecule has 0 bridgehead atoms. The maximum absolute atomic E-state index is 12.1. The Balaban J connectivity index is 1.78. The van der Waals surface area contributed by atoms with Gasteiger partial charge in [0, 0.05) is 5.69 Å². The minimum absolute atomic E-state index is 0.0410. The van der Waals surface area contributed by atoms with E-state index in [4.69, 9.17) is 14.2 Å². The predicted octanol–water partition coefficient (Wildman–Crippen LogP) is 3.89. The molecular weight excluding hydrogens is 400 g/mol. The van der Waals surface area contributed by atoms with E-state index in [1.165, 1.54) is 31.4 Å². The molecule has 30 heavy (non-hydrogen) atoms. The van der Waals surface area contributed by atoms with E-state index in [0.717, 1.165) is 5.56 Å². The Labute approximate surface area is 172 Å². The van der Waals surface area contributed by atoms with Gasteiger partial charge in [0.2, 0.25) is 0 Å². The number of hydrogen-bond donors (Lipinski definition) is 1. The van der Waals surface area contributed by atoms with E-state index in [1.54, 1.807) is 18.2 Å². The number of hydrogen-bond acceptors (Lipinski definition) is 6. The molecule has 0 aliphatic rings. The summed E-state index contributed by atoms with van der Waals surface area (Å²) in [5, 5.41) is 2.46. The Morgan fingerprint density at radius 3 is 2.43 bits per heavy atom. The predicted molar refractivity (Wildman–Crippen MR) is 106 cm³/mol. The van der Waals surface area contributed by atoms with Gasteiger partial charge in [-0.1, -0.05) is 18.2 Å². The number of amides is 1. The molecule has 0 aromatic heterocycles. The summed E-state index contributed by atoms with van der Waals surface area (Å²) in [6.45, 7) is -1.99. The van der Waals surface area contributed by atoms with Gasteiger partial charge in [-0.3, -0.25) is 4.79 Å². The van der Waals surface area contributed by atoms with Crippen LogP contribution in [-0.2, 0) is 14.3 Å². The molecule has 2 aromatic carbocycles. The quantitative estimate of drug-likeness (QED) is 0.586. The first-order valence-electron chi connectivity index (χ1n) is 8.85. The van der Waals surface area contributed by atoms with Crippen LogP contribution in [0.15, 0.2) is 48.5 Å². The number of halogens is 2. The molecule has 9 heteroatoms. The van der Waals surface area contributed by atoms with Crippen molar-refractivity contribution in [1.82, 2.24) is 0 Å². The van der Waals surface area contributed by atoms with Crippen LogP contribution in [0, 0.1) is 0 Å². The number of alkyl halides is 2. The molecule has 0 spiro atoms. The monoisotopic (exact) mass is 421 g/mol. The van der Waals surface area contributed by atoms with Gasteiger partial charge in [-0.05, 0) is 48.9 Å². The van der Waals surface area contributed by atoms with Crippen molar-refractivity contribution < 1.29 is 37.3 Å². The van der Waals surface area contributed by atoms with E-state index < -0.39 is 31.7 Å². The minimum atomic E-state index is -2.93. The topological polar surface area (TPSA) is 83.1 Å². The van der Waals surface area contributed by atoms with Crippen LogP contribution in [0.1, 0.15) is 12.5 Å². The Bertz CT molecular complexity index is 884. The van der Waals surface area contributed by atoms with E-state index in [0.29, 0.717) is 17.2 Å². The Hall–Kier alpha value is -3.62. The van der Waals surface area contributed by atoms with E-state index in [1.807, 2.05) is 19.1 Å². The van der Waals surface area contributed by atoms with Crippen molar-refractivity contribution in [2.75, 3.05) is 25.6 Å². The van der Waals surface area contributed by atoms with Gasteiger partial charge in [0.05, 0.1) is 7.11 Å². The van der Waals surface area contributed by atoms with Crippen LogP contribution in [0.25, 0.3) is 6.08 Å². The number of nitrogens with one attached hydrogen (secondary N) is 1. The smallest absolute Gasteiger partial charge is 0.387 e. The molecule has 2 rings (SSSR count). The number of anilines is 1. The van der Waals surface area contributed by atoms with Crippen LogP contribution in [0.4, 0.5) is 14.5 Å². The summed E-state index contributed by atoms with van der Waals surface area (Å²) in [7, 11) is 1.48. The molecule has 0 atom stereocenters. The van der Waals surface area contributed by atoms with Crippen molar-refractivity contribution in [1.29, 1.82) is 0 Å². The van der Waals surface area contributed by atoms with Gasteiger partial charge in [-0.2, -0.15) is 8.78 Å². The van der Waals surface area contributed by atoms with Crippen LogP contribution in [-0.4, -0.2) is 38.8 Å². The first-order chi connectivity index (χ1) is 14.4. The lowest BCUT2D eigenvalue weighted by molar-refractivity contribution is -0.149. The second kappa shape index (κ2) is 11.4. The summed E-state index contributed by atoms with van der Waals surface area (Å²) >= 11 is 0. The lowest BCUT2D eigenvalue weighted by Crippen LogP contribution is -2.23. The van der Waals surface area contributed by atoms with Gasteiger partial charge in [-0.15, -0.1) is 0 Å². The highest BCUT2D eigenvalue weighted by atomic mass is 19.3. The maximum Gasteiger partial charge on any atom is 0.387 e.